The van der Waals surface area contributed by atoms with Gasteiger partial charge < -0.3 is 5.11 Å². The predicted octanol–water partition coefficient (Wildman–Crippen LogP) is 2.84. The molecule has 0 saturated carbocycles. The van der Waals surface area contributed by atoms with Gasteiger partial charge >= 0.3 is 6.18 Å². The third-order valence-electron chi connectivity index (χ3n) is 4.57. The van der Waals surface area contributed by atoms with E-state index in [-0.39, 0.29) is 34.5 Å². The van der Waals surface area contributed by atoms with Crippen LogP contribution in [0.1, 0.15) is 42.4 Å². The Morgan fingerprint density at radius 2 is 1.86 bits per heavy atom. The number of hydrogen-bond donors (Lipinski definition) is 1. The van der Waals surface area contributed by atoms with Gasteiger partial charge in [0.15, 0.2) is 0 Å². The van der Waals surface area contributed by atoms with Crippen LogP contribution in [-0.2, 0) is 22.6 Å². The van der Waals surface area contributed by atoms with E-state index in [0.29, 0.717) is 12.8 Å². The van der Waals surface area contributed by atoms with E-state index in [4.69, 9.17) is 5.26 Å². The summed E-state index contributed by atoms with van der Waals surface area (Å²) in [6.07, 6.45) is -2.82. The largest absolute Gasteiger partial charge is 0.416 e. The zero-order valence-electron chi connectivity index (χ0n) is 11.6. The first-order chi connectivity index (χ1) is 10.2. The second kappa shape index (κ2) is 5.07. The van der Waals surface area contributed by atoms with E-state index in [1.807, 2.05) is 6.07 Å². The fraction of sp³-hybridized carbons (Fsp3) is 0.533. The molecule has 2 unspecified atom stereocenters. The molecular weight excluding hydrogens is 315 g/mol. The number of nitrogens with zero attached hydrogens (tertiary/aromatic N) is 1. The molecule has 3 nitrogen and oxygen atoms in total. The summed E-state index contributed by atoms with van der Waals surface area (Å²) in [7, 11) is -1.04. The van der Waals surface area contributed by atoms with Crippen LogP contribution in [0.4, 0.5) is 13.2 Å². The van der Waals surface area contributed by atoms with E-state index >= 15 is 0 Å². The zero-order valence-corrected chi connectivity index (χ0v) is 12.4. The second-order valence-corrected chi connectivity index (χ2v) is 7.95. The number of hydrogen-bond acceptors (Lipinski definition) is 3. The molecule has 0 aromatic heterocycles. The maximum atomic E-state index is 12.9. The molecule has 0 radical (unpaired) electrons. The summed E-state index contributed by atoms with van der Waals surface area (Å²) in [6.45, 7) is 0. The lowest BCUT2D eigenvalue weighted by Crippen LogP contribution is -2.41. The van der Waals surface area contributed by atoms with Crippen LogP contribution in [0.3, 0.4) is 0 Å². The summed E-state index contributed by atoms with van der Waals surface area (Å²) in [5.41, 5.74) is -2.33. The van der Waals surface area contributed by atoms with Gasteiger partial charge in [-0.3, -0.25) is 4.21 Å². The molecule has 2 heterocycles. The van der Waals surface area contributed by atoms with Gasteiger partial charge in [0.2, 0.25) is 0 Å². The van der Waals surface area contributed by atoms with Gasteiger partial charge in [0.1, 0.15) is 0 Å². The van der Waals surface area contributed by atoms with Crippen molar-refractivity contribution >= 4 is 10.8 Å². The number of nitriles is 1. The van der Waals surface area contributed by atoms with Gasteiger partial charge in [-0.25, -0.2) is 0 Å². The van der Waals surface area contributed by atoms with Crippen molar-refractivity contribution in [3.8, 4) is 6.07 Å². The first-order valence-electron chi connectivity index (χ1n) is 6.98. The molecule has 2 fully saturated rings. The highest BCUT2D eigenvalue weighted by Gasteiger charge is 2.49. The lowest BCUT2D eigenvalue weighted by molar-refractivity contribution is -0.137. The summed E-state index contributed by atoms with van der Waals surface area (Å²) in [6, 6.07) is 4.67. The van der Waals surface area contributed by atoms with Gasteiger partial charge in [0.05, 0.1) is 22.8 Å². The molecule has 7 heteroatoms. The fourth-order valence-electron chi connectivity index (χ4n) is 3.50. The van der Waals surface area contributed by atoms with E-state index in [1.165, 1.54) is 0 Å². The van der Waals surface area contributed by atoms with E-state index < -0.39 is 28.1 Å². The number of halogens is 3. The van der Waals surface area contributed by atoms with Crippen molar-refractivity contribution in [1.82, 2.24) is 0 Å². The van der Waals surface area contributed by atoms with Gasteiger partial charge in [0, 0.05) is 26.9 Å². The summed E-state index contributed by atoms with van der Waals surface area (Å²) in [5, 5.41) is 19.6. The Labute approximate surface area is 128 Å². The molecule has 3 rings (SSSR count). The molecule has 1 aromatic carbocycles. The van der Waals surface area contributed by atoms with Crippen LogP contribution < -0.4 is 0 Å². The lowest BCUT2D eigenvalue weighted by atomic mass is 9.82. The van der Waals surface area contributed by atoms with Gasteiger partial charge in [-0.1, -0.05) is 0 Å². The van der Waals surface area contributed by atoms with Crippen molar-refractivity contribution < 1.29 is 22.5 Å². The highest BCUT2D eigenvalue weighted by Crippen LogP contribution is 2.47. The average molecular weight is 329 g/mol. The number of aliphatic hydroxyl groups is 1. The minimum absolute atomic E-state index is 0.0124. The third-order valence-corrected chi connectivity index (χ3v) is 6.69. The first-order valence-corrected chi connectivity index (χ1v) is 8.26. The molecule has 0 spiro atoms. The van der Waals surface area contributed by atoms with Crippen LogP contribution in [-0.4, -0.2) is 19.8 Å². The minimum Gasteiger partial charge on any atom is -0.385 e. The highest BCUT2D eigenvalue weighted by atomic mass is 32.2. The monoisotopic (exact) mass is 329 g/mol. The van der Waals surface area contributed by atoms with Crippen LogP contribution in [0.5, 0.6) is 0 Å². The molecule has 2 bridgehead atoms. The molecule has 1 aromatic rings. The Hall–Kier alpha value is -1.39. The number of alkyl halides is 3. The Bertz CT molecular complexity index is 664. The van der Waals surface area contributed by atoms with Crippen LogP contribution >= 0.6 is 0 Å². The molecule has 22 heavy (non-hydrogen) atoms. The Morgan fingerprint density at radius 3 is 2.36 bits per heavy atom. The molecule has 1 N–H and O–H groups in total. The zero-order chi connectivity index (χ0) is 16.1. The van der Waals surface area contributed by atoms with Gasteiger partial charge in [-0.2, -0.15) is 18.4 Å². The van der Waals surface area contributed by atoms with Gasteiger partial charge in [-0.15, -0.1) is 0 Å². The van der Waals surface area contributed by atoms with Crippen LogP contribution in [0.2, 0.25) is 0 Å². The molecule has 2 saturated heterocycles. The van der Waals surface area contributed by atoms with Crippen LogP contribution in [0.15, 0.2) is 18.2 Å². The standard InChI is InChI=1S/C15H14F3NO2S/c16-15(17,18)10-2-1-9(8-19)13(5-10)14(20)6-11-3-4-12(7-14)22(11)21/h1-2,5,11-12,20H,3-4,6-7H2. The number of benzene rings is 1. The van der Waals surface area contributed by atoms with Crippen LogP contribution in [0, 0.1) is 11.3 Å². The maximum Gasteiger partial charge on any atom is 0.416 e. The van der Waals surface area contributed by atoms with Crippen molar-refractivity contribution in [2.45, 2.75) is 48.0 Å². The lowest BCUT2D eigenvalue weighted by Gasteiger charge is -2.37. The topological polar surface area (TPSA) is 61.1 Å². The molecule has 2 aliphatic heterocycles. The van der Waals surface area contributed by atoms with Crippen molar-refractivity contribution in [2.24, 2.45) is 0 Å². The molecule has 0 aliphatic carbocycles. The molecular formula is C15H14F3NO2S. The summed E-state index contributed by atoms with van der Waals surface area (Å²) >= 11 is 0. The third kappa shape index (κ3) is 2.44. The Balaban J connectivity index is 2.07. The second-order valence-electron chi connectivity index (χ2n) is 5.96. The quantitative estimate of drug-likeness (QED) is 0.862. The van der Waals surface area contributed by atoms with E-state index in [9.17, 15) is 22.5 Å². The molecule has 0 amide bonds. The van der Waals surface area contributed by atoms with E-state index in [2.05, 4.69) is 0 Å². The number of rotatable bonds is 1. The van der Waals surface area contributed by atoms with Crippen molar-refractivity contribution in [2.75, 3.05) is 0 Å². The summed E-state index contributed by atoms with van der Waals surface area (Å²) < 4.78 is 50.8. The highest BCUT2D eigenvalue weighted by molar-refractivity contribution is 7.86. The average Bonchev–Trinajstić information content (AvgIpc) is 2.69. The molecule has 2 aliphatic rings. The Kier molecular flexibility index (Phi) is 3.57. The van der Waals surface area contributed by atoms with E-state index in [1.54, 1.807) is 0 Å². The maximum absolute atomic E-state index is 12.9. The van der Waals surface area contributed by atoms with E-state index in [0.717, 1.165) is 18.2 Å². The predicted molar refractivity (Wildman–Crippen MR) is 74.2 cm³/mol. The van der Waals surface area contributed by atoms with Gasteiger partial charge in [0.25, 0.3) is 0 Å². The van der Waals surface area contributed by atoms with Crippen molar-refractivity contribution in [3.63, 3.8) is 0 Å². The fourth-order valence-corrected chi connectivity index (χ4v) is 5.67. The molecule has 2 atom stereocenters. The summed E-state index contributed by atoms with van der Waals surface area (Å²) in [4.78, 5) is 0. The number of fused-ring (bicyclic) bond motifs is 2. The first kappa shape index (κ1) is 15.5. The minimum atomic E-state index is -4.53. The normalized spacial score (nSPS) is 34.4. The SMILES string of the molecule is N#Cc1ccc(C(F)(F)F)cc1C1(O)CC2CCC(C1)S2=O. The van der Waals surface area contributed by atoms with Crippen molar-refractivity contribution in [1.29, 1.82) is 5.26 Å². The van der Waals surface area contributed by atoms with Gasteiger partial charge in [-0.05, 0) is 43.9 Å². The molecule has 118 valence electrons. The Morgan fingerprint density at radius 1 is 1.27 bits per heavy atom. The summed E-state index contributed by atoms with van der Waals surface area (Å²) in [5.74, 6) is 0. The van der Waals surface area contributed by atoms with Crippen LogP contribution in [0.25, 0.3) is 0 Å². The smallest absolute Gasteiger partial charge is 0.385 e. The van der Waals surface area contributed by atoms with Crippen molar-refractivity contribution in [3.05, 3.63) is 34.9 Å².